The first kappa shape index (κ1) is 11.7. The fourth-order valence-electron chi connectivity index (χ4n) is 1.32. The quantitative estimate of drug-likeness (QED) is 0.735. The third-order valence-electron chi connectivity index (χ3n) is 2.06. The molecule has 0 aromatic heterocycles. The average molecular weight is 209 g/mol. The highest BCUT2D eigenvalue weighted by atomic mass is 16.5. The predicted molar refractivity (Wildman–Crippen MR) is 56.7 cm³/mol. The van der Waals surface area contributed by atoms with Crippen molar-refractivity contribution >= 4 is 5.97 Å². The summed E-state index contributed by atoms with van der Waals surface area (Å²) in [5.74, 6) is -0.863. The largest absolute Gasteiger partial charge is 0.480 e. The van der Waals surface area contributed by atoms with Crippen LogP contribution in [0.1, 0.15) is 11.7 Å². The molecule has 82 valence electrons. The van der Waals surface area contributed by atoms with Crippen molar-refractivity contribution in [3.8, 4) is 0 Å². The summed E-state index contributed by atoms with van der Waals surface area (Å²) >= 11 is 0. The van der Waals surface area contributed by atoms with Gasteiger partial charge in [-0.25, -0.2) is 0 Å². The molecule has 4 nitrogen and oxygen atoms in total. The van der Waals surface area contributed by atoms with Crippen molar-refractivity contribution in [2.45, 2.75) is 6.10 Å². The Bertz CT molecular complexity index is 300. The van der Waals surface area contributed by atoms with E-state index in [2.05, 4.69) is 5.32 Å². The van der Waals surface area contributed by atoms with Gasteiger partial charge in [0.25, 0.3) is 0 Å². The zero-order valence-corrected chi connectivity index (χ0v) is 8.64. The normalized spacial score (nSPS) is 12.3. The van der Waals surface area contributed by atoms with E-state index < -0.39 is 5.97 Å². The average Bonchev–Trinajstić information content (AvgIpc) is 2.25. The van der Waals surface area contributed by atoms with Crippen LogP contribution in [0.5, 0.6) is 0 Å². The number of rotatable bonds is 6. The third-order valence-corrected chi connectivity index (χ3v) is 2.06. The Hall–Kier alpha value is -1.39. The summed E-state index contributed by atoms with van der Waals surface area (Å²) in [5.41, 5.74) is 1.04. The topological polar surface area (TPSA) is 58.6 Å². The monoisotopic (exact) mass is 209 g/mol. The maximum Gasteiger partial charge on any atom is 0.317 e. The zero-order valence-electron chi connectivity index (χ0n) is 8.64. The van der Waals surface area contributed by atoms with Gasteiger partial charge in [0.1, 0.15) is 0 Å². The van der Waals surface area contributed by atoms with E-state index in [1.54, 1.807) is 7.11 Å². The van der Waals surface area contributed by atoms with Crippen molar-refractivity contribution in [1.29, 1.82) is 0 Å². The van der Waals surface area contributed by atoms with Crippen LogP contribution < -0.4 is 5.32 Å². The molecule has 0 bridgehead atoms. The Kier molecular flexibility index (Phi) is 4.80. The first-order valence-electron chi connectivity index (χ1n) is 4.74. The van der Waals surface area contributed by atoms with E-state index in [9.17, 15) is 4.79 Å². The van der Waals surface area contributed by atoms with Gasteiger partial charge in [0.2, 0.25) is 0 Å². The number of hydrogen-bond acceptors (Lipinski definition) is 3. The van der Waals surface area contributed by atoms with Gasteiger partial charge in [-0.05, 0) is 5.56 Å². The van der Waals surface area contributed by atoms with Gasteiger partial charge >= 0.3 is 5.97 Å². The van der Waals surface area contributed by atoms with E-state index in [-0.39, 0.29) is 12.6 Å². The Balaban J connectivity index is 2.46. The first-order chi connectivity index (χ1) is 7.24. The maximum absolute atomic E-state index is 10.3. The van der Waals surface area contributed by atoms with Crippen molar-refractivity contribution < 1.29 is 14.6 Å². The van der Waals surface area contributed by atoms with E-state index in [0.717, 1.165) is 5.56 Å². The number of benzene rings is 1. The minimum absolute atomic E-state index is 0.0489. The Morgan fingerprint density at radius 2 is 2.13 bits per heavy atom. The van der Waals surface area contributed by atoms with Gasteiger partial charge in [-0.3, -0.25) is 4.79 Å². The van der Waals surface area contributed by atoms with Crippen LogP contribution in [0.3, 0.4) is 0 Å². The van der Waals surface area contributed by atoms with Gasteiger partial charge < -0.3 is 15.2 Å². The van der Waals surface area contributed by atoms with Crippen LogP contribution in [-0.2, 0) is 9.53 Å². The van der Waals surface area contributed by atoms with Crippen molar-refractivity contribution in [1.82, 2.24) is 5.32 Å². The number of nitrogens with one attached hydrogen (secondary N) is 1. The molecule has 15 heavy (non-hydrogen) atoms. The lowest BCUT2D eigenvalue weighted by molar-refractivity contribution is -0.136. The summed E-state index contributed by atoms with van der Waals surface area (Å²) in [6, 6.07) is 9.70. The Morgan fingerprint density at radius 1 is 1.47 bits per heavy atom. The molecule has 0 unspecified atom stereocenters. The summed E-state index contributed by atoms with van der Waals surface area (Å²) < 4.78 is 5.26. The molecule has 2 N–H and O–H groups in total. The number of methoxy groups -OCH3 is 1. The van der Waals surface area contributed by atoms with E-state index in [0.29, 0.717) is 6.54 Å². The molecule has 0 aliphatic carbocycles. The highest BCUT2D eigenvalue weighted by molar-refractivity contribution is 5.68. The highest BCUT2D eigenvalue weighted by Gasteiger charge is 2.09. The molecule has 0 aliphatic heterocycles. The van der Waals surface area contributed by atoms with Crippen molar-refractivity contribution in [2.24, 2.45) is 0 Å². The van der Waals surface area contributed by atoms with Crippen LogP contribution in [0.4, 0.5) is 0 Å². The maximum atomic E-state index is 10.3. The van der Waals surface area contributed by atoms with Crippen LogP contribution in [0.15, 0.2) is 30.3 Å². The minimum Gasteiger partial charge on any atom is -0.480 e. The molecule has 0 fully saturated rings. The predicted octanol–water partition coefficient (Wildman–Crippen LogP) is 1.05. The number of hydrogen-bond donors (Lipinski definition) is 2. The Labute approximate surface area is 88.9 Å². The molecule has 0 heterocycles. The summed E-state index contributed by atoms with van der Waals surface area (Å²) in [6.45, 7) is 0.444. The van der Waals surface area contributed by atoms with E-state index in [4.69, 9.17) is 9.84 Å². The molecule has 0 saturated carbocycles. The standard InChI is InChI=1S/C11H15NO3/c1-15-10(7-12-8-11(13)14)9-5-3-2-4-6-9/h2-6,10,12H,7-8H2,1H3,(H,13,14)/t10-/m0/s1. The number of carboxylic acids is 1. The van der Waals surface area contributed by atoms with Crippen molar-refractivity contribution in [2.75, 3.05) is 20.2 Å². The second kappa shape index (κ2) is 6.16. The molecule has 0 amide bonds. The zero-order chi connectivity index (χ0) is 11.1. The van der Waals surface area contributed by atoms with Crippen molar-refractivity contribution in [3.05, 3.63) is 35.9 Å². The summed E-state index contributed by atoms with van der Waals surface area (Å²) in [5, 5.41) is 11.3. The molecule has 0 spiro atoms. The van der Waals surface area contributed by atoms with Gasteiger partial charge in [0.15, 0.2) is 0 Å². The van der Waals surface area contributed by atoms with Crippen LogP contribution in [0.25, 0.3) is 0 Å². The number of ether oxygens (including phenoxy) is 1. The lowest BCUT2D eigenvalue weighted by atomic mass is 10.1. The van der Waals surface area contributed by atoms with Gasteiger partial charge in [-0.2, -0.15) is 0 Å². The molecule has 1 aromatic rings. The molecule has 4 heteroatoms. The van der Waals surface area contributed by atoms with Crippen LogP contribution >= 0.6 is 0 Å². The molecule has 1 aromatic carbocycles. The summed E-state index contributed by atoms with van der Waals surface area (Å²) in [7, 11) is 1.61. The van der Waals surface area contributed by atoms with E-state index in [1.807, 2.05) is 30.3 Å². The molecule has 1 rings (SSSR count). The van der Waals surface area contributed by atoms with E-state index in [1.165, 1.54) is 0 Å². The van der Waals surface area contributed by atoms with Crippen LogP contribution in [-0.4, -0.2) is 31.3 Å². The number of aliphatic carboxylic acids is 1. The summed E-state index contributed by atoms with van der Waals surface area (Å²) in [6.07, 6.45) is -0.106. The first-order valence-corrected chi connectivity index (χ1v) is 4.74. The number of carboxylic acid groups (broad SMARTS) is 1. The molecule has 0 aliphatic rings. The van der Waals surface area contributed by atoms with Gasteiger partial charge in [-0.1, -0.05) is 30.3 Å². The fourth-order valence-corrected chi connectivity index (χ4v) is 1.32. The lowest BCUT2D eigenvalue weighted by Crippen LogP contribution is -2.28. The molecule has 1 atom stereocenters. The highest BCUT2D eigenvalue weighted by Crippen LogP contribution is 2.14. The minimum atomic E-state index is -0.863. The summed E-state index contributed by atoms with van der Waals surface area (Å²) in [4.78, 5) is 10.3. The second-order valence-corrected chi connectivity index (χ2v) is 3.16. The SMILES string of the molecule is CO[C@@H](CNCC(=O)O)c1ccccc1. The fraction of sp³-hybridized carbons (Fsp3) is 0.364. The van der Waals surface area contributed by atoms with Crippen LogP contribution in [0.2, 0.25) is 0 Å². The molecule has 0 radical (unpaired) electrons. The molecule has 0 saturated heterocycles. The second-order valence-electron chi connectivity index (χ2n) is 3.16. The van der Waals surface area contributed by atoms with Gasteiger partial charge in [0.05, 0.1) is 12.6 Å². The Morgan fingerprint density at radius 3 is 2.67 bits per heavy atom. The lowest BCUT2D eigenvalue weighted by Gasteiger charge is -2.15. The third kappa shape index (κ3) is 4.10. The van der Waals surface area contributed by atoms with Crippen LogP contribution in [0, 0.1) is 0 Å². The molecular formula is C11H15NO3. The smallest absolute Gasteiger partial charge is 0.317 e. The van der Waals surface area contributed by atoms with Gasteiger partial charge in [-0.15, -0.1) is 0 Å². The van der Waals surface area contributed by atoms with E-state index >= 15 is 0 Å². The number of carbonyl (C=O) groups is 1. The molecular weight excluding hydrogens is 194 g/mol. The van der Waals surface area contributed by atoms with Gasteiger partial charge in [0, 0.05) is 13.7 Å². The van der Waals surface area contributed by atoms with Crippen molar-refractivity contribution in [3.63, 3.8) is 0 Å².